The van der Waals surface area contributed by atoms with E-state index < -0.39 is 5.60 Å². The lowest BCUT2D eigenvalue weighted by Gasteiger charge is -2.33. The van der Waals surface area contributed by atoms with E-state index >= 15 is 0 Å². The lowest BCUT2D eigenvalue weighted by molar-refractivity contribution is -0.143. The molecule has 0 radical (unpaired) electrons. The number of halogens is 1. The second kappa shape index (κ2) is 14.4. The molecular formula is C17H35IN4O4. The first kappa shape index (κ1) is 25.4. The molecule has 0 saturated carbocycles. The molecule has 0 aromatic carbocycles. The van der Waals surface area contributed by atoms with Gasteiger partial charge in [-0.25, -0.2) is 0 Å². The second-order valence-electron chi connectivity index (χ2n) is 6.42. The predicted molar refractivity (Wildman–Crippen MR) is 113 cm³/mol. The summed E-state index contributed by atoms with van der Waals surface area (Å²) in [5.74, 6) is 0.466. The van der Waals surface area contributed by atoms with Crippen molar-refractivity contribution in [2.45, 2.75) is 39.2 Å². The van der Waals surface area contributed by atoms with Gasteiger partial charge in [-0.2, -0.15) is 0 Å². The minimum Gasteiger partial charge on any atom is -0.466 e. The Hall–Kier alpha value is -0.650. The van der Waals surface area contributed by atoms with E-state index in [1.807, 2.05) is 6.92 Å². The van der Waals surface area contributed by atoms with Crippen LogP contribution in [0.3, 0.4) is 0 Å². The molecule has 26 heavy (non-hydrogen) atoms. The molecule has 0 bridgehead atoms. The number of aliphatic imine (C=N–C) groups is 1. The van der Waals surface area contributed by atoms with E-state index in [0.717, 1.165) is 19.6 Å². The largest absolute Gasteiger partial charge is 0.466 e. The summed E-state index contributed by atoms with van der Waals surface area (Å²) in [4.78, 5) is 18.0. The van der Waals surface area contributed by atoms with E-state index in [1.165, 1.54) is 0 Å². The van der Waals surface area contributed by atoms with Gasteiger partial charge in [0, 0.05) is 39.1 Å². The zero-order chi connectivity index (χ0) is 18.5. The van der Waals surface area contributed by atoms with Crippen molar-refractivity contribution in [1.29, 1.82) is 0 Å². The Balaban J connectivity index is 0.00000625. The first-order valence-corrected chi connectivity index (χ1v) is 9.17. The summed E-state index contributed by atoms with van der Waals surface area (Å²) in [6.45, 7) is 11.3. The standard InChI is InChI=1S/C17H34N4O4.HI/c1-4-18-16(19-8-6-7-15(22)25-5-2)20-13-17(3,23)14-21-9-11-24-12-10-21;/h23H,4-14H2,1-3H3,(H2,18,19,20);1H. The van der Waals surface area contributed by atoms with Gasteiger partial charge in [0.2, 0.25) is 0 Å². The molecule has 1 atom stereocenters. The van der Waals surface area contributed by atoms with E-state index in [1.54, 1.807) is 13.8 Å². The van der Waals surface area contributed by atoms with E-state index in [-0.39, 0.29) is 29.9 Å². The molecule has 1 saturated heterocycles. The van der Waals surface area contributed by atoms with E-state index in [9.17, 15) is 9.90 Å². The number of aliphatic hydroxyl groups is 1. The zero-order valence-electron chi connectivity index (χ0n) is 16.3. The van der Waals surface area contributed by atoms with Crippen molar-refractivity contribution in [3.05, 3.63) is 0 Å². The smallest absolute Gasteiger partial charge is 0.305 e. The Morgan fingerprint density at radius 3 is 2.62 bits per heavy atom. The number of carbonyl (C=O) groups excluding carboxylic acids is 1. The molecule has 1 heterocycles. The highest BCUT2D eigenvalue weighted by atomic mass is 127. The minimum absolute atomic E-state index is 0. The Labute approximate surface area is 174 Å². The number of guanidine groups is 1. The van der Waals surface area contributed by atoms with Gasteiger partial charge in [0.15, 0.2) is 5.96 Å². The molecule has 0 aromatic heterocycles. The number of nitrogens with zero attached hydrogens (tertiary/aromatic N) is 2. The van der Waals surface area contributed by atoms with Crippen molar-refractivity contribution in [2.24, 2.45) is 4.99 Å². The summed E-state index contributed by atoms with van der Waals surface area (Å²) in [6.07, 6.45) is 1.06. The summed E-state index contributed by atoms with van der Waals surface area (Å²) in [5, 5.41) is 16.9. The Bertz CT molecular complexity index is 416. The number of ether oxygens (including phenoxy) is 2. The number of hydrogen-bond acceptors (Lipinski definition) is 6. The second-order valence-corrected chi connectivity index (χ2v) is 6.42. The molecule has 1 aliphatic heterocycles. The maximum atomic E-state index is 11.3. The Morgan fingerprint density at radius 1 is 1.31 bits per heavy atom. The average Bonchev–Trinajstić information content (AvgIpc) is 2.57. The number of morpholine rings is 1. The molecule has 3 N–H and O–H groups in total. The molecule has 1 fully saturated rings. The fourth-order valence-corrected chi connectivity index (χ4v) is 2.55. The lowest BCUT2D eigenvalue weighted by Crippen LogP contribution is -2.48. The van der Waals surface area contributed by atoms with Crippen LogP contribution in [0.5, 0.6) is 0 Å². The van der Waals surface area contributed by atoms with Gasteiger partial charge in [-0.05, 0) is 27.2 Å². The summed E-state index contributed by atoms with van der Waals surface area (Å²) in [5.41, 5.74) is -0.898. The van der Waals surface area contributed by atoms with Gasteiger partial charge in [0.05, 0.1) is 32.0 Å². The molecule has 0 aliphatic carbocycles. The zero-order valence-corrected chi connectivity index (χ0v) is 18.6. The van der Waals surface area contributed by atoms with Crippen LogP contribution in [0.2, 0.25) is 0 Å². The van der Waals surface area contributed by atoms with Gasteiger partial charge in [0.25, 0.3) is 0 Å². The highest BCUT2D eigenvalue weighted by Crippen LogP contribution is 2.09. The van der Waals surface area contributed by atoms with Crippen molar-refractivity contribution in [3.8, 4) is 0 Å². The van der Waals surface area contributed by atoms with Crippen molar-refractivity contribution in [3.63, 3.8) is 0 Å². The number of hydrogen-bond donors (Lipinski definition) is 3. The molecule has 1 unspecified atom stereocenters. The number of rotatable bonds is 10. The molecule has 9 heteroatoms. The van der Waals surface area contributed by atoms with Crippen molar-refractivity contribution < 1.29 is 19.4 Å². The lowest BCUT2D eigenvalue weighted by atomic mass is 10.1. The third kappa shape index (κ3) is 11.9. The van der Waals surface area contributed by atoms with Crippen LogP contribution in [0, 0.1) is 0 Å². The molecule has 1 aliphatic rings. The summed E-state index contributed by atoms with van der Waals surface area (Å²) in [7, 11) is 0. The maximum absolute atomic E-state index is 11.3. The highest BCUT2D eigenvalue weighted by Gasteiger charge is 2.25. The van der Waals surface area contributed by atoms with Gasteiger partial charge in [-0.15, -0.1) is 24.0 Å². The Morgan fingerprint density at radius 2 is 2.00 bits per heavy atom. The van der Waals surface area contributed by atoms with E-state index in [0.29, 0.717) is 58.3 Å². The van der Waals surface area contributed by atoms with Crippen molar-refractivity contribution in [1.82, 2.24) is 15.5 Å². The van der Waals surface area contributed by atoms with Crippen LogP contribution in [0.4, 0.5) is 0 Å². The van der Waals surface area contributed by atoms with Crippen LogP contribution in [-0.4, -0.2) is 86.6 Å². The molecule has 1 rings (SSSR count). The SMILES string of the molecule is CCNC(=NCC(C)(O)CN1CCOCC1)NCCCC(=O)OCC.I. The molecule has 154 valence electrons. The van der Waals surface area contributed by atoms with Gasteiger partial charge in [-0.1, -0.05) is 0 Å². The normalized spacial score (nSPS) is 17.8. The minimum atomic E-state index is -0.898. The highest BCUT2D eigenvalue weighted by molar-refractivity contribution is 14.0. The van der Waals surface area contributed by atoms with Crippen LogP contribution < -0.4 is 10.6 Å². The Kier molecular flexibility index (Phi) is 14.1. The van der Waals surface area contributed by atoms with Gasteiger partial charge in [0.1, 0.15) is 0 Å². The molecule has 0 aromatic rings. The van der Waals surface area contributed by atoms with E-state index in [4.69, 9.17) is 9.47 Å². The monoisotopic (exact) mass is 486 g/mol. The summed E-state index contributed by atoms with van der Waals surface area (Å²) in [6, 6.07) is 0. The number of β-amino-alcohol motifs (C(OH)–C–C–N with tert-alkyl or cyclic N) is 1. The number of carbonyl (C=O) groups is 1. The van der Waals surface area contributed by atoms with Crippen LogP contribution in [-0.2, 0) is 14.3 Å². The van der Waals surface area contributed by atoms with Crippen LogP contribution >= 0.6 is 24.0 Å². The summed E-state index contributed by atoms with van der Waals surface area (Å²) >= 11 is 0. The third-order valence-electron chi connectivity index (χ3n) is 3.75. The van der Waals surface area contributed by atoms with Gasteiger partial charge < -0.3 is 25.2 Å². The molecule has 0 spiro atoms. The fourth-order valence-electron chi connectivity index (χ4n) is 2.55. The third-order valence-corrected chi connectivity index (χ3v) is 3.75. The average molecular weight is 486 g/mol. The molecule has 8 nitrogen and oxygen atoms in total. The topological polar surface area (TPSA) is 95.4 Å². The molecular weight excluding hydrogens is 451 g/mol. The van der Waals surface area contributed by atoms with Crippen LogP contribution in [0.25, 0.3) is 0 Å². The van der Waals surface area contributed by atoms with Crippen LogP contribution in [0.1, 0.15) is 33.6 Å². The van der Waals surface area contributed by atoms with E-state index in [2.05, 4.69) is 20.5 Å². The molecule has 0 amide bonds. The fraction of sp³-hybridized carbons (Fsp3) is 0.882. The maximum Gasteiger partial charge on any atom is 0.305 e. The van der Waals surface area contributed by atoms with Crippen molar-refractivity contribution >= 4 is 35.9 Å². The van der Waals surface area contributed by atoms with Gasteiger partial charge >= 0.3 is 5.97 Å². The van der Waals surface area contributed by atoms with Crippen molar-refractivity contribution in [2.75, 3.05) is 59.1 Å². The quantitative estimate of drug-likeness (QED) is 0.137. The summed E-state index contributed by atoms with van der Waals surface area (Å²) < 4.78 is 10.2. The first-order chi connectivity index (χ1) is 12.0. The number of nitrogens with one attached hydrogen (secondary N) is 2. The first-order valence-electron chi connectivity index (χ1n) is 9.17. The predicted octanol–water partition coefficient (Wildman–Crippen LogP) is 0.586. The number of esters is 1. The van der Waals surface area contributed by atoms with Crippen LogP contribution in [0.15, 0.2) is 4.99 Å². The van der Waals surface area contributed by atoms with Gasteiger partial charge in [-0.3, -0.25) is 14.7 Å².